The van der Waals surface area contributed by atoms with Crippen molar-refractivity contribution in [3.8, 4) is 17.1 Å². The molecule has 0 saturated carbocycles. The Hall–Kier alpha value is -4.29. The van der Waals surface area contributed by atoms with Crippen molar-refractivity contribution < 1.29 is 4.42 Å². The van der Waals surface area contributed by atoms with Crippen molar-refractivity contribution >= 4 is 57.1 Å². The second-order valence-electron chi connectivity index (χ2n) is 10.2. The molecule has 5 nitrogen and oxygen atoms in total. The van der Waals surface area contributed by atoms with Gasteiger partial charge in [0.05, 0.1) is 31.0 Å². The molecule has 3 aromatic carbocycles. The first-order valence-electron chi connectivity index (χ1n) is 12.1. The van der Waals surface area contributed by atoms with Gasteiger partial charge in [-0.2, -0.15) is 0 Å². The Kier molecular flexibility index (Phi) is 4.44. The highest BCUT2D eigenvalue weighted by Gasteiger charge is 2.24. The number of benzene rings is 3. The van der Waals surface area contributed by atoms with E-state index in [2.05, 4.69) is 65.6 Å². The predicted molar refractivity (Wildman–Crippen MR) is 150 cm³/mol. The van der Waals surface area contributed by atoms with Crippen LogP contribution in [-0.2, 0) is 0 Å². The summed E-state index contributed by atoms with van der Waals surface area (Å²) >= 11 is 0. The molecule has 0 atom stereocenters. The third-order valence-electron chi connectivity index (χ3n) is 6.89. The van der Waals surface area contributed by atoms with Crippen LogP contribution in [-0.4, -0.2) is 27.6 Å². The van der Waals surface area contributed by atoms with Crippen LogP contribution in [0.2, 0.25) is 19.6 Å². The molecule has 4 heterocycles. The maximum atomic E-state index is 6.71. The molecule has 6 heteroatoms. The fourth-order valence-corrected chi connectivity index (χ4v) is 6.65. The van der Waals surface area contributed by atoms with Crippen LogP contribution in [0, 0.1) is 0 Å². The fourth-order valence-electron chi connectivity index (χ4n) is 5.19. The summed E-state index contributed by atoms with van der Waals surface area (Å²) in [6, 6.07) is 25.0. The van der Waals surface area contributed by atoms with Crippen molar-refractivity contribution in [2.45, 2.75) is 19.6 Å². The molecular weight excluding hydrogens is 460 g/mol. The van der Waals surface area contributed by atoms with E-state index in [0.717, 1.165) is 55.1 Å². The quantitative estimate of drug-likeness (QED) is 0.251. The van der Waals surface area contributed by atoms with Crippen LogP contribution in [0.25, 0.3) is 61.0 Å². The molecule has 0 aliphatic carbocycles. The van der Waals surface area contributed by atoms with Gasteiger partial charge in [-0.1, -0.05) is 80.3 Å². The van der Waals surface area contributed by atoms with E-state index in [-0.39, 0.29) is 0 Å². The molecule has 0 bridgehead atoms. The summed E-state index contributed by atoms with van der Waals surface area (Å²) < 4.78 is 8.92. The summed E-state index contributed by atoms with van der Waals surface area (Å²) in [5, 5.41) is 4.61. The van der Waals surface area contributed by atoms with Crippen LogP contribution >= 0.6 is 0 Å². The number of hydrogen-bond acceptors (Lipinski definition) is 4. The molecule has 7 rings (SSSR count). The number of hydrogen-bond donors (Lipinski definition) is 0. The normalized spacial score (nSPS) is 12.3. The Morgan fingerprint density at radius 3 is 2.31 bits per heavy atom. The van der Waals surface area contributed by atoms with Gasteiger partial charge >= 0.3 is 0 Å². The standard InChI is InChI=1S/C30H24N4OSi/c1-36(2,3)26-14-8-12-21-20-11-7-13-24(28(20)35-29(21)26)34-23-15-16-31-17-22(23)27-25(34)18-32-30(33-27)19-9-5-4-6-10-19/h4-18H,1-3H3. The third-order valence-corrected chi connectivity index (χ3v) is 8.90. The molecule has 0 unspecified atom stereocenters. The van der Waals surface area contributed by atoms with Gasteiger partial charge in [-0.15, -0.1) is 0 Å². The van der Waals surface area contributed by atoms with E-state index in [1.807, 2.05) is 55.0 Å². The smallest absolute Gasteiger partial charge is 0.159 e. The van der Waals surface area contributed by atoms with Gasteiger partial charge in [-0.3, -0.25) is 4.98 Å². The monoisotopic (exact) mass is 484 g/mol. The molecule has 0 fully saturated rings. The second kappa shape index (κ2) is 7.60. The Morgan fingerprint density at radius 2 is 1.50 bits per heavy atom. The van der Waals surface area contributed by atoms with Crippen LogP contribution in [0.4, 0.5) is 0 Å². The fraction of sp³-hybridized carbons (Fsp3) is 0.100. The number of fused-ring (bicyclic) bond motifs is 6. The summed E-state index contributed by atoms with van der Waals surface area (Å²) in [5.74, 6) is 0.702. The first-order valence-corrected chi connectivity index (χ1v) is 15.6. The third kappa shape index (κ3) is 3.04. The van der Waals surface area contributed by atoms with Crippen LogP contribution in [0.1, 0.15) is 0 Å². The highest BCUT2D eigenvalue weighted by molar-refractivity contribution is 6.90. The minimum Gasteiger partial charge on any atom is -0.454 e. The first kappa shape index (κ1) is 21.0. The molecule has 0 saturated heterocycles. The summed E-state index contributed by atoms with van der Waals surface area (Å²) in [5.41, 5.74) is 6.68. The molecule has 0 radical (unpaired) electrons. The number of nitrogens with zero attached hydrogens (tertiary/aromatic N) is 4. The van der Waals surface area contributed by atoms with Crippen molar-refractivity contribution in [1.82, 2.24) is 19.5 Å². The second-order valence-corrected chi connectivity index (χ2v) is 15.2. The zero-order valence-corrected chi connectivity index (χ0v) is 21.4. The van der Waals surface area contributed by atoms with Crippen molar-refractivity contribution in [3.63, 3.8) is 0 Å². The largest absolute Gasteiger partial charge is 0.454 e. The van der Waals surface area contributed by atoms with Gasteiger partial charge in [0.1, 0.15) is 11.1 Å². The molecule has 0 N–H and O–H groups in total. The van der Waals surface area contributed by atoms with E-state index in [1.165, 1.54) is 5.19 Å². The van der Waals surface area contributed by atoms with Crippen molar-refractivity contribution in [2.75, 3.05) is 0 Å². The molecule has 36 heavy (non-hydrogen) atoms. The minimum absolute atomic E-state index is 0.702. The van der Waals surface area contributed by atoms with E-state index in [4.69, 9.17) is 14.4 Å². The highest BCUT2D eigenvalue weighted by atomic mass is 28.3. The molecule has 0 aliphatic heterocycles. The first-order chi connectivity index (χ1) is 17.5. The van der Waals surface area contributed by atoms with Crippen molar-refractivity contribution in [3.05, 3.63) is 91.4 Å². The van der Waals surface area contributed by atoms with E-state index < -0.39 is 8.07 Å². The SMILES string of the molecule is C[Si](C)(C)c1cccc2c1oc1c(-n3c4ccncc4c4nc(-c5ccccc5)ncc43)cccc12. The molecule has 0 spiro atoms. The van der Waals surface area contributed by atoms with Gasteiger partial charge in [-0.25, -0.2) is 9.97 Å². The highest BCUT2D eigenvalue weighted by Crippen LogP contribution is 2.37. The number of rotatable bonds is 3. The van der Waals surface area contributed by atoms with Gasteiger partial charge in [-0.05, 0) is 17.3 Å². The zero-order chi connectivity index (χ0) is 24.4. The van der Waals surface area contributed by atoms with Crippen LogP contribution in [0.3, 0.4) is 0 Å². The Balaban J connectivity index is 1.56. The zero-order valence-electron chi connectivity index (χ0n) is 20.4. The maximum absolute atomic E-state index is 6.71. The topological polar surface area (TPSA) is 56.7 Å². The van der Waals surface area contributed by atoms with E-state index in [0.29, 0.717) is 5.82 Å². The van der Waals surface area contributed by atoms with Crippen molar-refractivity contribution in [2.24, 2.45) is 0 Å². The molecule has 4 aromatic heterocycles. The Labute approximate surface area is 209 Å². The molecule has 0 aliphatic rings. The summed E-state index contributed by atoms with van der Waals surface area (Å²) in [6.07, 6.45) is 5.63. The number of para-hydroxylation sites is 2. The molecular formula is C30H24N4OSi. The summed E-state index contributed by atoms with van der Waals surface area (Å²) in [4.78, 5) is 14.2. The van der Waals surface area contributed by atoms with E-state index >= 15 is 0 Å². The van der Waals surface area contributed by atoms with Crippen LogP contribution in [0.5, 0.6) is 0 Å². The Morgan fingerprint density at radius 1 is 0.722 bits per heavy atom. The van der Waals surface area contributed by atoms with E-state index in [9.17, 15) is 0 Å². The number of pyridine rings is 1. The number of aromatic nitrogens is 4. The van der Waals surface area contributed by atoms with E-state index in [1.54, 1.807) is 0 Å². The van der Waals surface area contributed by atoms with Gasteiger partial charge in [0.2, 0.25) is 0 Å². The van der Waals surface area contributed by atoms with Crippen LogP contribution < -0.4 is 5.19 Å². The summed E-state index contributed by atoms with van der Waals surface area (Å²) in [6.45, 7) is 7.08. The van der Waals surface area contributed by atoms with Crippen molar-refractivity contribution in [1.29, 1.82) is 0 Å². The summed E-state index contributed by atoms with van der Waals surface area (Å²) in [7, 11) is -1.60. The van der Waals surface area contributed by atoms with Gasteiger partial charge < -0.3 is 8.98 Å². The lowest BCUT2D eigenvalue weighted by molar-refractivity contribution is 0.668. The predicted octanol–water partition coefficient (Wildman–Crippen LogP) is 7.08. The molecule has 174 valence electrons. The molecule has 7 aromatic rings. The van der Waals surface area contributed by atoms with Crippen LogP contribution in [0.15, 0.2) is 95.8 Å². The minimum atomic E-state index is -1.60. The Bertz CT molecular complexity index is 1930. The lowest BCUT2D eigenvalue weighted by Gasteiger charge is -2.16. The average Bonchev–Trinajstić information content (AvgIpc) is 3.44. The lowest BCUT2D eigenvalue weighted by Crippen LogP contribution is -2.37. The lowest BCUT2D eigenvalue weighted by atomic mass is 10.1. The van der Waals surface area contributed by atoms with Gasteiger partial charge in [0, 0.05) is 34.1 Å². The van der Waals surface area contributed by atoms with Gasteiger partial charge in [0.25, 0.3) is 0 Å². The maximum Gasteiger partial charge on any atom is 0.159 e. The number of furan rings is 1. The molecule has 0 amide bonds. The van der Waals surface area contributed by atoms with Gasteiger partial charge in [0.15, 0.2) is 11.4 Å². The average molecular weight is 485 g/mol.